The number of ether oxygens (including phenoxy) is 4. The molecule has 0 saturated carbocycles. The van der Waals surface area contributed by atoms with Crippen LogP contribution in [0.4, 0.5) is 0 Å². The van der Waals surface area contributed by atoms with Gasteiger partial charge in [0.15, 0.2) is 0 Å². The first-order valence-electron chi connectivity index (χ1n) is 21.5. The van der Waals surface area contributed by atoms with Crippen molar-refractivity contribution < 1.29 is 52.6 Å². The van der Waals surface area contributed by atoms with Crippen molar-refractivity contribution in [3.8, 4) is 79.4 Å². The lowest BCUT2D eigenvalue weighted by molar-refractivity contribution is 0.241. The van der Waals surface area contributed by atoms with Crippen LogP contribution in [-0.4, -0.2) is 47.4 Å². The van der Waals surface area contributed by atoms with Crippen LogP contribution in [-0.2, 0) is 6.42 Å². The van der Waals surface area contributed by atoms with E-state index in [4.69, 9.17) is 32.2 Å². The van der Waals surface area contributed by atoms with E-state index in [0.717, 1.165) is 41.3 Å². The lowest BCUT2D eigenvalue weighted by Gasteiger charge is -2.17. The molecule has 1 aliphatic heterocycles. The van der Waals surface area contributed by atoms with E-state index < -0.39 is 0 Å². The number of fused-ring (bicyclic) bond motifs is 4. The largest absolute Gasteiger partial charge is 0.508 e. The highest BCUT2D eigenvalue weighted by atomic mass is 16.5. The Hall–Kier alpha value is -8.65. The molecular formula is C55H50O14. The number of aromatic hydroxyl groups is 4. The molecule has 4 N–H and O–H groups in total. The number of phenols is 4. The van der Waals surface area contributed by atoms with Crippen LogP contribution in [0.5, 0.6) is 46.0 Å². The molecule has 0 amide bonds. The average Bonchev–Trinajstić information content (AvgIpc) is 3.32. The minimum absolute atomic E-state index is 0. The van der Waals surface area contributed by atoms with Gasteiger partial charge in [-0.3, -0.25) is 14.4 Å². The van der Waals surface area contributed by atoms with Gasteiger partial charge in [-0.2, -0.15) is 0 Å². The third-order valence-electron chi connectivity index (χ3n) is 11.1. The predicted octanol–water partition coefficient (Wildman–Crippen LogP) is 11.3. The highest BCUT2D eigenvalue weighted by Crippen LogP contribution is 2.35. The molecule has 354 valence electrons. The van der Waals surface area contributed by atoms with Crippen molar-refractivity contribution in [3.63, 3.8) is 0 Å². The van der Waals surface area contributed by atoms with E-state index >= 15 is 0 Å². The van der Waals surface area contributed by atoms with Crippen LogP contribution >= 0.6 is 0 Å². The maximum atomic E-state index is 12.7. The van der Waals surface area contributed by atoms with Gasteiger partial charge in [0.1, 0.15) is 97.7 Å². The molecule has 10 rings (SSSR count). The zero-order valence-corrected chi connectivity index (χ0v) is 37.6. The van der Waals surface area contributed by atoms with E-state index in [1.54, 1.807) is 43.5 Å². The van der Waals surface area contributed by atoms with E-state index in [-0.39, 0.29) is 80.1 Å². The zero-order valence-electron chi connectivity index (χ0n) is 37.6. The molecule has 9 aromatic rings. The van der Waals surface area contributed by atoms with E-state index in [9.17, 15) is 34.8 Å². The van der Waals surface area contributed by atoms with Crippen molar-refractivity contribution in [3.05, 3.63) is 164 Å². The van der Waals surface area contributed by atoms with Crippen molar-refractivity contribution in [1.29, 1.82) is 0 Å². The summed E-state index contributed by atoms with van der Waals surface area (Å²) in [5.41, 5.74) is 5.31. The highest BCUT2D eigenvalue weighted by molar-refractivity contribution is 5.90. The number of methoxy groups -OCH3 is 2. The third-order valence-corrected chi connectivity index (χ3v) is 11.1. The first kappa shape index (κ1) is 48.3. The fourth-order valence-electron chi connectivity index (χ4n) is 7.70. The van der Waals surface area contributed by atoms with Crippen LogP contribution < -0.4 is 35.2 Å². The normalized spacial score (nSPS) is 11.6. The number of benzene rings is 6. The van der Waals surface area contributed by atoms with Crippen LogP contribution in [0.25, 0.3) is 66.3 Å². The standard InChI is InChI=1S/C19H18O4.C18H14O5.C17H14O5.CH4/c1-11(2)23-14-8-16(20)18-17(9-14)22-10-15(19(18)21)13-6-4-12(3)5-7-13;19-12-7-14(20)17-16(8-12)23-9-13(18(17)21)11-4-3-10-2-1-5-22-15(10)6-11;1-20-11-5-3-10(4-6-11)13-9-22-15-8-12(21-2)7-14(18)16(15)17(13)19;/h4-11,20H,1-3H3;3-4,6-9,19-20H,1-2,5H2;3-9,18H,1-2H3;1H4. The Morgan fingerprint density at radius 1 is 0.536 bits per heavy atom. The molecule has 0 aliphatic carbocycles. The monoisotopic (exact) mass is 934 g/mol. The van der Waals surface area contributed by atoms with Crippen LogP contribution in [0.1, 0.15) is 38.8 Å². The van der Waals surface area contributed by atoms with Gasteiger partial charge in [-0.05, 0) is 74.1 Å². The summed E-state index contributed by atoms with van der Waals surface area (Å²) < 4.78 is 37.8. The molecule has 0 spiro atoms. The third kappa shape index (κ3) is 10.2. The second-order valence-electron chi connectivity index (χ2n) is 16.1. The van der Waals surface area contributed by atoms with E-state index in [0.29, 0.717) is 57.3 Å². The summed E-state index contributed by atoms with van der Waals surface area (Å²) in [7, 11) is 3.05. The predicted molar refractivity (Wildman–Crippen MR) is 265 cm³/mol. The summed E-state index contributed by atoms with van der Waals surface area (Å²) >= 11 is 0. The molecule has 14 heteroatoms. The summed E-state index contributed by atoms with van der Waals surface area (Å²) in [5, 5.41) is 40.1. The zero-order chi connectivity index (χ0) is 48.2. The molecular weight excluding hydrogens is 885 g/mol. The molecule has 6 aromatic carbocycles. The molecule has 14 nitrogen and oxygen atoms in total. The Kier molecular flexibility index (Phi) is 14.3. The summed E-state index contributed by atoms with van der Waals surface area (Å²) in [6.07, 6.45) is 6.06. The van der Waals surface area contributed by atoms with Crippen LogP contribution in [0.15, 0.2) is 150 Å². The van der Waals surface area contributed by atoms with Gasteiger partial charge >= 0.3 is 0 Å². The smallest absolute Gasteiger partial charge is 0.204 e. The summed E-state index contributed by atoms with van der Waals surface area (Å²) in [4.78, 5) is 38.0. The van der Waals surface area contributed by atoms with Crippen molar-refractivity contribution in [2.45, 2.75) is 47.1 Å². The lowest BCUT2D eigenvalue weighted by atomic mass is 10.00. The number of rotatable bonds is 7. The van der Waals surface area contributed by atoms with Crippen LogP contribution in [0, 0.1) is 6.92 Å². The SMILES string of the molecule is C.COc1ccc(-c2coc3cc(OC)cc(O)c3c2=O)cc1.Cc1ccc(-c2coc3cc(OC(C)C)cc(O)c3c2=O)cc1.O=c1c(-c2ccc3c(c2)OCCC3)coc2cc(O)cc(O)c12. The Morgan fingerprint density at radius 3 is 1.54 bits per heavy atom. The van der Waals surface area contributed by atoms with Gasteiger partial charge in [0.25, 0.3) is 0 Å². The van der Waals surface area contributed by atoms with Gasteiger partial charge in [-0.1, -0.05) is 61.5 Å². The van der Waals surface area contributed by atoms with Crippen molar-refractivity contribution in [1.82, 2.24) is 0 Å². The van der Waals surface area contributed by atoms with Gasteiger partial charge in [0.05, 0.1) is 43.6 Å². The molecule has 0 atom stereocenters. The van der Waals surface area contributed by atoms with E-state index in [1.807, 2.05) is 63.2 Å². The first-order chi connectivity index (χ1) is 32.7. The fourth-order valence-corrected chi connectivity index (χ4v) is 7.70. The topological polar surface area (TPSA) is 208 Å². The van der Waals surface area contributed by atoms with Crippen molar-refractivity contribution in [2.75, 3.05) is 20.8 Å². The molecule has 0 saturated heterocycles. The van der Waals surface area contributed by atoms with Gasteiger partial charge in [-0.25, -0.2) is 0 Å². The molecule has 0 radical (unpaired) electrons. The molecule has 0 unspecified atom stereocenters. The molecule has 1 aliphatic rings. The van der Waals surface area contributed by atoms with Gasteiger partial charge in [-0.15, -0.1) is 0 Å². The number of phenolic OH excluding ortho intramolecular Hbond substituents is 4. The summed E-state index contributed by atoms with van der Waals surface area (Å²) in [6, 6.07) is 28.7. The Morgan fingerprint density at radius 2 is 1.00 bits per heavy atom. The van der Waals surface area contributed by atoms with Crippen molar-refractivity contribution >= 4 is 32.9 Å². The van der Waals surface area contributed by atoms with Crippen LogP contribution in [0.2, 0.25) is 0 Å². The summed E-state index contributed by atoms with van der Waals surface area (Å²) in [6.45, 7) is 6.42. The number of hydrogen-bond donors (Lipinski definition) is 4. The second kappa shape index (κ2) is 20.5. The quantitative estimate of drug-likeness (QED) is 0.117. The molecule has 0 fully saturated rings. The fraction of sp³-hybridized carbons (Fsp3) is 0.182. The molecule has 4 heterocycles. The Balaban J connectivity index is 0.000000152. The maximum Gasteiger partial charge on any atom is 0.204 e. The minimum atomic E-state index is -0.348. The second-order valence-corrected chi connectivity index (χ2v) is 16.1. The van der Waals surface area contributed by atoms with E-state index in [2.05, 4.69) is 0 Å². The van der Waals surface area contributed by atoms with E-state index in [1.165, 1.54) is 44.1 Å². The first-order valence-corrected chi connectivity index (χ1v) is 21.5. The van der Waals surface area contributed by atoms with Crippen molar-refractivity contribution in [2.24, 2.45) is 0 Å². The average molecular weight is 935 g/mol. The van der Waals surface area contributed by atoms with Crippen LogP contribution in [0.3, 0.4) is 0 Å². The molecule has 3 aromatic heterocycles. The summed E-state index contributed by atoms with van der Waals surface area (Å²) in [5.74, 6) is 1.60. The Bertz CT molecular complexity index is 3490. The van der Waals surface area contributed by atoms with Gasteiger partial charge in [0.2, 0.25) is 16.3 Å². The Labute approximate surface area is 395 Å². The van der Waals surface area contributed by atoms with Gasteiger partial charge < -0.3 is 52.6 Å². The molecule has 69 heavy (non-hydrogen) atoms. The van der Waals surface area contributed by atoms with Gasteiger partial charge in [0, 0.05) is 36.4 Å². The number of hydrogen-bond acceptors (Lipinski definition) is 14. The highest BCUT2D eigenvalue weighted by Gasteiger charge is 2.19. The minimum Gasteiger partial charge on any atom is -0.508 e. The number of aryl methyl sites for hydroxylation is 2. The molecule has 0 bridgehead atoms. The maximum absolute atomic E-state index is 12.7. The lowest BCUT2D eigenvalue weighted by Crippen LogP contribution is -2.09.